The topological polar surface area (TPSA) is 54.0 Å². The summed E-state index contributed by atoms with van der Waals surface area (Å²) in [5, 5.41) is 6.37. The molecule has 1 heterocycles. The first-order chi connectivity index (χ1) is 8.90. The fourth-order valence-corrected chi connectivity index (χ4v) is 2.89. The number of anilines is 1. The fourth-order valence-electron chi connectivity index (χ4n) is 1.37. The predicted octanol–water partition coefficient (Wildman–Crippen LogP) is 3.80. The molecule has 0 aliphatic rings. The summed E-state index contributed by atoms with van der Waals surface area (Å²) in [4.78, 5) is 14.8. The van der Waals surface area contributed by atoms with Gasteiger partial charge in [0.1, 0.15) is 6.17 Å². The van der Waals surface area contributed by atoms with Gasteiger partial charge in [-0.3, -0.25) is 4.79 Å². The molecule has 0 aliphatic carbocycles. The van der Waals surface area contributed by atoms with Crippen molar-refractivity contribution in [3.8, 4) is 0 Å². The standard InChI is InChI=1S/C10H7Cl4N3OS/c11-5-1-2-6-7(3-5)19-9(16-6)17-8(15-4-18)10(12,13)14/h1-4,8H,(H,15,18)(H,16,17)/t8-/m0/s1. The van der Waals surface area contributed by atoms with Crippen LogP contribution in [0.15, 0.2) is 18.2 Å². The van der Waals surface area contributed by atoms with Crippen molar-refractivity contribution >= 4 is 79.5 Å². The van der Waals surface area contributed by atoms with E-state index in [-0.39, 0.29) is 0 Å². The highest BCUT2D eigenvalue weighted by Crippen LogP contribution is 2.33. The molecule has 0 aliphatic heterocycles. The van der Waals surface area contributed by atoms with E-state index in [2.05, 4.69) is 15.6 Å². The van der Waals surface area contributed by atoms with Crippen molar-refractivity contribution in [1.29, 1.82) is 0 Å². The van der Waals surface area contributed by atoms with Crippen molar-refractivity contribution in [2.24, 2.45) is 0 Å². The zero-order chi connectivity index (χ0) is 14.0. The molecule has 0 fully saturated rings. The molecule has 1 amide bonds. The van der Waals surface area contributed by atoms with Crippen molar-refractivity contribution in [2.45, 2.75) is 9.96 Å². The molecule has 19 heavy (non-hydrogen) atoms. The number of carbonyl (C=O) groups excluding carboxylic acids is 1. The van der Waals surface area contributed by atoms with Crippen LogP contribution in [0.5, 0.6) is 0 Å². The van der Waals surface area contributed by atoms with E-state index in [9.17, 15) is 4.79 Å². The van der Waals surface area contributed by atoms with Crippen LogP contribution in [-0.2, 0) is 4.79 Å². The van der Waals surface area contributed by atoms with Gasteiger partial charge in [0.25, 0.3) is 0 Å². The number of benzene rings is 1. The number of hydrogen-bond donors (Lipinski definition) is 2. The zero-order valence-electron chi connectivity index (χ0n) is 9.16. The van der Waals surface area contributed by atoms with Gasteiger partial charge in [-0.05, 0) is 18.2 Å². The Balaban J connectivity index is 2.26. The van der Waals surface area contributed by atoms with Crippen LogP contribution in [0.1, 0.15) is 0 Å². The number of fused-ring (bicyclic) bond motifs is 1. The molecule has 1 atom stereocenters. The monoisotopic (exact) mass is 357 g/mol. The van der Waals surface area contributed by atoms with Crippen LogP contribution in [0.4, 0.5) is 5.13 Å². The molecule has 0 saturated heterocycles. The maximum atomic E-state index is 10.5. The summed E-state index contributed by atoms with van der Waals surface area (Å²) in [7, 11) is 0. The second kappa shape index (κ2) is 5.89. The lowest BCUT2D eigenvalue weighted by Gasteiger charge is -2.24. The van der Waals surface area contributed by atoms with Crippen LogP contribution in [0.3, 0.4) is 0 Å². The Morgan fingerprint density at radius 2 is 2.11 bits per heavy atom. The number of nitrogens with zero attached hydrogens (tertiary/aromatic N) is 1. The molecule has 9 heteroatoms. The number of amides is 1. The van der Waals surface area contributed by atoms with E-state index >= 15 is 0 Å². The fraction of sp³-hybridized carbons (Fsp3) is 0.200. The van der Waals surface area contributed by atoms with E-state index in [1.807, 2.05) is 0 Å². The van der Waals surface area contributed by atoms with Crippen LogP contribution in [-0.4, -0.2) is 21.4 Å². The molecule has 4 nitrogen and oxygen atoms in total. The van der Waals surface area contributed by atoms with Crippen molar-refractivity contribution in [2.75, 3.05) is 5.32 Å². The smallest absolute Gasteiger partial charge is 0.228 e. The maximum absolute atomic E-state index is 10.5. The third-order valence-corrected chi connectivity index (χ3v) is 4.02. The second-order valence-corrected chi connectivity index (χ2v) is 7.37. The van der Waals surface area contributed by atoms with Gasteiger partial charge in [0.05, 0.1) is 10.2 Å². The van der Waals surface area contributed by atoms with Gasteiger partial charge in [-0.2, -0.15) is 0 Å². The number of hydrogen-bond acceptors (Lipinski definition) is 4. The lowest BCUT2D eigenvalue weighted by atomic mass is 10.3. The van der Waals surface area contributed by atoms with E-state index < -0.39 is 9.96 Å². The van der Waals surface area contributed by atoms with Gasteiger partial charge in [0.15, 0.2) is 5.13 Å². The average molecular weight is 359 g/mol. The van der Waals surface area contributed by atoms with Gasteiger partial charge in [-0.25, -0.2) is 4.98 Å². The first kappa shape index (κ1) is 14.9. The minimum Gasteiger partial charge on any atom is -0.338 e. The van der Waals surface area contributed by atoms with E-state index in [1.54, 1.807) is 18.2 Å². The normalized spacial score (nSPS) is 13.3. The Labute approximate surface area is 133 Å². The SMILES string of the molecule is O=CN[C@@H](Nc1nc2ccc(Cl)cc2s1)C(Cl)(Cl)Cl. The number of rotatable bonds is 4. The molecule has 0 saturated carbocycles. The van der Waals surface area contributed by atoms with Gasteiger partial charge >= 0.3 is 0 Å². The number of halogens is 4. The van der Waals surface area contributed by atoms with Gasteiger partial charge in [0.2, 0.25) is 10.2 Å². The highest BCUT2D eigenvalue weighted by atomic mass is 35.6. The summed E-state index contributed by atoms with van der Waals surface area (Å²) >= 11 is 24.5. The molecule has 2 aromatic rings. The van der Waals surface area contributed by atoms with E-state index in [0.717, 1.165) is 10.2 Å². The third kappa shape index (κ3) is 3.77. The van der Waals surface area contributed by atoms with Gasteiger partial charge in [-0.15, -0.1) is 0 Å². The Morgan fingerprint density at radius 3 is 2.74 bits per heavy atom. The summed E-state index contributed by atoms with van der Waals surface area (Å²) < 4.78 is -0.805. The zero-order valence-corrected chi connectivity index (χ0v) is 13.0. The molecule has 0 radical (unpaired) electrons. The number of carbonyl (C=O) groups is 1. The second-order valence-electron chi connectivity index (χ2n) is 3.53. The summed E-state index contributed by atoms with van der Waals surface area (Å²) in [6.45, 7) is 0. The molecule has 1 aromatic carbocycles. The van der Waals surface area contributed by atoms with Crippen LogP contribution in [0, 0.1) is 0 Å². The molecular weight excluding hydrogens is 352 g/mol. The van der Waals surface area contributed by atoms with Crippen molar-refractivity contribution < 1.29 is 4.79 Å². The molecule has 2 rings (SSSR count). The minimum absolute atomic E-state index is 0.448. The molecule has 1 aromatic heterocycles. The largest absolute Gasteiger partial charge is 0.338 e. The number of aromatic nitrogens is 1. The van der Waals surface area contributed by atoms with Crippen LogP contribution < -0.4 is 10.6 Å². The van der Waals surface area contributed by atoms with Crippen molar-refractivity contribution in [3.63, 3.8) is 0 Å². The lowest BCUT2D eigenvalue weighted by molar-refractivity contribution is -0.110. The van der Waals surface area contributed by atoms with Crippen LogP contribution in [0.2, 0.25) is 5.02 Å². The summed E-state index contributed by atoms with van der Waals surface area (Å²) in [5.74, 6) is 0. The molecule has 0 spiro atoms. The molecule has 102 valence electrons. The summed E-state index contributed by atoms with van der Waals surface area (Å²) in [5.41, 5.74) is 0.770. The predicted molar refractivity (Wildman–Crippen MR) is 81.5 cm³/mol. The Kier molecular flexibility index (Phi) is 4.63. The number of nitrogens with one attached hydrogen (secondary N) is 2. The van der Waals surface area contributed by atoms with E-state index in [4.69, 9.17) is 46.4 Å². The lowest BCUT2D eigenvalue weighted by Crippen LogP contribution is -2.45. The maximum Gasteiger partial charge on any atom is 0.228 e. The first-order valence-corrected chi connectivity index (χ1v) is 7.32. The van der Waals surface area contributed by atoms with Gasteiger partial charge in [-0.1, -0.05) is 57.7 Å². The van der Waals surface area contributed by atoms with E-state index in [0.29, 0.717) is 16.6 Å². The Morgan fingerprint density at radius 1 is 1.37 bits per heavy atom. The third-order valence-electron chi connectivity index (χ3n) is 2.18. The summed E-state index contributed by atoms with van der Waals surface area (Å²) in [6, 6.07) is 5.32. The Hall–Kier alpha value is -0.460. The number of alkyl halides is 3. The highest BCUT2D eigenvalue weighted by molar-refractivity contribution is 7.22. The number of thiazole rings is 1. The van der Waals surface area contributed by atoms with Gasteiger partial charge < -0.3 is 10.6 Å². The quantitative estimate of drug-likeness (QED) is 0.496. The average Bonchev–Trinajstić information content (AvgIpc) is 2.68. The van der Waals surface area contributed by atoms with Crippen LogP contribution in [0.25, 0.3) is 10.2 Å². The summed E-state index contributed by atoms with van der Waals surface area (Å²) in [6.07, 6.45) is -0.435. The molecule has 2 N–H and O–H groups in total. The van der Waals surface area contributed by atoms with Crippen LogP contribution >= 0.6 is 57.7 Å². The van der Waals surface area contributed by atoms with Crippen molar-refractivity contribution in [3.05, 3.63) is 23.2 Å². The highest BCUT2D eigenvalue weighted by Gasteiger charge is 2.33. The first-order valence-electron chi connectivity index (χ1n) is 4.99. The van der Waals surface area contributed by atoms with Crippen molar-refractivity contribution in [1.82, 2.24) is 10.3 Å². The molecular formula is C10H7Cl4N3OS. The Bertz CT molecular complexity index is 598. The van der Waals surface area contributed by atoms with E-state index in [1.165, 1.54) is 11.3 Å². The molecule has 0 unspecified atom stereocenters. The van der Waals surface area contributed by atoms with Gasteiger partial charge in [0, 0.05) is 5.02 Å². The molecule has 0 bridgehead atoms. The minimum atomic E-state index is -1.70.